The zero-order valence-electron chi connectivity index (χ0n) is 23.7. The van der Waals surface area contributed by atoms with Crippen LogP contribution in [0.2, 0.25) is 0 Å². The molecule has 11 nitrogen and oxygen atoms in total. The molecule has 2 atom stereocenters. The third kappa shape index (κ3) is 6.07. The molecule has 2 bridgehead atoms. The fourth-order valence-corrected chi connectivity index (χ4v) is 6.26. The summed E-state index contributed by atoms with van der Waals surface area (Å²) in [5.74, 6) is -0.788. The van der Waals surface area contributed by atoms with Gasteiger partial charge in [0.2, 0.25) is 0 Å². The monoisotopic (exact) mass is 633 g/mol. The van der Waals surface area contributed by atoms with Gasteiger partial charge in [-0.2, -0.15) is 8.78 Å². The first-order chi connectivity index (χ1) is 19.2. The van der Waals surface area contributed by atoms with Gasteiger partial charge in [-0.15, -0.1) is 0 Å². The van der Waals surface area contributed by atoms with E-state index in [1.807, 2.05) is 0 Å². The van der Waals surface area contributed by atoms with Gasteiger partial charge >= 0.3 is 65.7 Å². The van der Waals surface area contributed by atoms with Crippen LogP contribution in [0.5, 0.6) is 5.75 Å². The van der Waals surface area contributed by atoms with E-state index in [9.17, 15) is 27.9 Å². The molecule has 2 aromatic carbocycles. The molecule has 4 heterocycles. The summed E-state index contributed by atoms with van der Waals surface area (Å²) in [6.45, 7) is -0.500. The van der Waals surface area contributed by atoms with E-state index in [-0.39, 0.29) is 93.3 Å². The first-order valence-corrected chi connectivity index (χ1v) is 13.8. The fraction of sp³-hybridized carbons (Fsp3) is 0.308. The van der Waals surface area contributed by atoms with Gasteiger partial charge in [0.05, 0.1) is 30.9 Å². The van der Waals surface area contributed by atoms with Crippen molar-refractivity contribution in [2.75, 3.05) is 7.05 Å². The zero-order valence-corrected chi connectivity index (χ0v) is 28.6. The number of benzene rings is 2. The molecular weight excluding hydrogens is 612 g/mol. The van der Waals surface area contributed by atoms with Crippen molar-refractivity contribution in [3.63, 3.8) is 0 Å². The molecule has 2 aromatic heterocycles. The Labute approximate surface area is 287 Å². The largest absolute Gasteiger partial charge is 1.00 e. The molecule has 2 aliphatic rings. The number of imidazole rings is 1. The van der Waals surface area contributed by atoms with Crippen LogP contribution in [0.4, 0.5) is 13.2 Å². The van der Waals surface area contributed by atoms with Crippen LogP contribution in [-0.2, 0) is 14.7 Å². The maximum absolute atomic E-state index is 15.4. The van der Waals surface area contributed by atoms with E-state index >= 15 is 4.39 Å². The number of aromatic nitrogens is 4. The summed E-state index contributed by atoms with van der Waals surface area (Å²) in [5.41, 5.74) is -0.0408. The van der Waals surface area contributed by atoms with Gasteiger partial charge in [-0.25, -0.2) is 19.3 Å². The average molecular weight is 633 g/mol. The molecule has 2 aliphatic heterocycles. The number of hydrogen-bond donors (Lipinski definition) is 0. The number of amides is 1. The van der Waals surface area contributed by atoms with Crippen molar-refractivity contribution in [1.29, 1.82) is 0 Å². The normalized spacial score (nSPS) is 17.7. The summed E-state index contributed by atoms with van der Waals surface area (Å²) < 4.78 is 64.3. The maximum Gasteiger partial charge on any atom is 1.00 e. The Kier molecular flexibility index (Phi) is 9.63. The molecule has 0 fully saturated rings. The maximum atomic E-state index is 15.4. The van der Waals surface area contributed by atoms with Crippen molar-refractivity contribution < 1.29 is 101 Å². The Morgan fingerprint density at radius 1 is 1.09 bits per heavy atom. The molecule has 6 rings (SSSR count). The number of ether oxygens (including phenoxy) is 1. The molecule has 0 saturated carbocycles. The van der Waals surface area contributed by atoms with Gasteiger partial charge in [0.1, 0.15) is 23.0 Å². The summed E-state index contributed by atoms with van der Waals surface area (Å²) in [7, 11) is -3.74. The minimum Gasteiger partial charge on any atom is -0.790 e. The molecule has 1 amide bonds. The third-order valence-electron chi connectivity index (χ3n) is 7.34. The molecule has 0 N–H and O–H groups in total. The van der Waals surface area contributed by atoms with Crippen LogP contribution in [0.15, 0.2) is 42.7 Å². The number of carbonyl (C=O) groups excluding carboxylic acids is 1. The molecule has 0 saturated heterocycles. The van der Waals surface area contributed by atoms with Gasteiger partial charge in [0.15, 0.2) is 5.82 Å². The Morgan fingerprint density at radius 3 is 2.40 bits per heavy atom. The average Bonchev–Trinajstić information content (AvgIpc) is 3.39. The quantitative estimate of drug-likeness (QED) is 0.165. The fourth-order valence-electron chi connectivity index (χ4n) is 5.62. The number of halogens is 3. The molecular formula is C26H21F3N5Na2O6P. The summed E-state index contributed by atoms with van der Waals surface area (Å²) in [5, 5.41) is 0. The smallest absolute Gasteiger partial charge is 0.790 e. The van der Waals surface area contributed by atoms with Crippen LogP contribution < -0.4 is 73.6 Å². The standard InChI is InChI=1S/C26H23F3N5O6P.2Na/c1-26(2,40-41(36,37)38)24-30-10-12(11-31-24)14-7-17-16(8-15(14)27)32-22-19-9-18(34(17)22)21-13(23(35)33(19)3)5-4-6-20(21)39-25(28)29;;/h4-8,10-11,18-19,25H,9H2,1-3H3,(H2,36,37,38);;/q;2*+1/p-2/t18-,19-;;/m1../s1. The molecule has 214 valence electrons. The van der Waals surface area contributed by atoms with E-state index in [0.29, 0.717) is 28.8 Å². The van der Waals surface area contributed by atoms with Crippen LogP contribution in [0.1, 0.15) is 59.9 Å². The van der Waals surface area contributed by atoms with Crippen molar-refractivity contribution in [3.8, 4) is 16.9 Å². The number of nitrogens with zero attached hydrogens (tertiary/aromatic N) is 5. The summed E-state index contributed by atoms with van der Waals surface area (Å²) >= 11 is 0. The number of phosphoric ester groups is 1. The minimum atomic E-state index is -5.34. The van der Waals surface area contributed by atoms with Crippen molar-refractivity contribution in [1.82, 2.24) is 24.4 Å². The van der Waals surface area contributed by atoms with Gasteiger partial charge in [-0.05, 0) is 32.0 Å². The number of phosphoric acid groups is 1. The second-order valence-corrected chi connectivity index (χ2v) is 11.4. The van der Waals surface area contributed by atoms with Crippen LogP contribution in [-0.4, -0.2) is 44.0 Å². The van der Waals surface area contributed by atoms with Gasteiger partial charge in [0.25, 0.3) is 5.91 Å². The van der Waals surface area contributed by atoms with E-state index in [1.54, 1.807) is 17.7 Å². The first-order valence-electron chi connectivity index (χ1n) is 12.4. The van der Waals surface area contributed by atoms with Crippen molar-refractivity contribution in [3.05, 3.63) is 71.3 Å². The molecule has 0 spiro atoms. The SMILES string of the molecule is CN1C(=O)c2cccc(OC(F)F)c2[C@H]2C[C@@H]1c1nc3cc(F)c(-c4cnc(C(C)(C)OP(=O)([O-])[O-])nc4)cc3n12.[Na+].[Na+]. The molecule has 4 aromatic rings. The van der Waals surface area contributed by atoms with E-state index in [0.717, 1.165) is 0 Å². The van der Waals surface area contributed by atoms with Crippen LogP contribution in [0.25, 0.3) is 22.2 Å². The van der Waals surface area contributed by atoms with Crippen LogP contribution in [0, 0.1) is 5.82 Å². The second-order valence-electron chi connectivity index (χ2n) is 10.3. The summed E-state index contributed by atoms with van der Waals surface area (Å²) in [6, 6.07) is 6.05. The molecule has 17 heteroatoms. The molecule has 0 radical (unpaired) electrons. The van der Waals surface area contributed by atoms with Gasteiger partial charge in [-0.3, -0.25) is 4.79 Å². The molecule has 43 heavy (non-hydrogen) atoms. The van der Waals surface area contributed by atoms with Crippen LogP contribution >= 0.6 is 7.82 Å². The van der Waals surface area contributed by atoms with Gasteiger partial charge < -0.3 is 33.1 Å². The van der Waals surface area contributed by atoms with Gasteiger partial charge in [0, 0.05) is 54.2 Å². The predicted octanol–water partition coefficient (Wildman–Crippen LogP) is -2.56. The molecule has 0 aliphatic carbocycles. The number of hydrogen-bond acceptors (Lipinski definition) is 9. The van der Waals surface area contributed by atoms with Crippen molar-refractivity contribution in [2.24, 2.45) is 0 Å². The zero-order chi connectivity index (χ0) is 29.4. The topological polar surface area (TPSA) is 146 Å². The number of fused-ring (bicyclic) bond motifs is 9. The van der Waals surface area contributed by atoms with E-state index in [2.05, 4.69) is 19.5 Å². The number of rotatable bonds is 6. The van der Waals surface area contributed by atoms with Crippen LogP contribution in [0.3, 0.4) is 0 Å². The second kappa shape index (κ2) is 12.2. The molecule has 0 unspecified atom stereocenters. The Morgan fingerprint density at radius 2 is 1.77 bits per heavy atom. The Hall–Kier alpha value is -1.84. The Balaban J connectivity index is 0.00000212. The minimum absolute atomic E-state index is 0. The summed E-state index contributed by atoms with van der Waals surface area (Å²) in [6.07, 6.45) is 2.87. The van der Waals surface area contributed by atoms with Crippen molar-refractivity contribution >= 4 is 24.8 Å². The van der Waals surface area contributed by atoms with E-state index < -0.39 is 37.9 Å². The Bertz CT molecular complexity index is 1770. The predicted molar refractivity (Wildman–Crippen MR) is 133 cm³/mol. The third-order valence-corrected chi connectivity index (χ3v) is 8.02. The van der Waals surface area contributed by atoms with E-state index in [1.165, 1.54) is 55.4 Å². The number of carbonyl (C=O) groups is 1. The van der Waals surface area contributed by atoms with Gasteiger partial charge in [-0.1, -0.05) is 6.07 Å². The number of alkyl halides is 2. The van der Waals surface area contributed by atoms with Crippen molar-refractivity contribution in [2.45, 2.75) is 44.6 Å². The summed E-state index contributed by atoms with van der Waals surface area (Å²) in [4.78, 5) is 49.8. The first kappa shape index (κ1) is 34.0. The van der Waals surface area contributed by atoms with E-state index in [4.69, 9.17) is 4.74 Å².